The first-order valence-corrected chi connectivity index (χ1v) is 8.79. The second-order valence-electron chi connectivity index (χ2n) is 5.85. The van der Waals surface area contributed by atoms with Crippen LogP contribution in [0.1, 0.15) is 40.9 Å². The zero-order valence-corrected chi connectivity index (χ0v) is 16.3. The van der Waals surface area contributed by atoms with E-state index in [0.29, 0.717) is 10.7 Å². The van der Waals surface area contributed by atoms with E-state index in [0.717, 1.165) is 29.0 Å². The minimum atomic E-state index is -0.378. The minimum Gasteiger partial charge on any atom is -0.497 e. The Labute approximate surface area is 159 Å². The van der Waals surface area contributed by atoms with Crippen molar-refractivity contribution in [3.63, 3.8) is 0 Å². The van der Waals surface area contributed by atoms with Gasteiger partial charge < -0.3 is 20.1 Å². The number of carbonyl (C=O) groups excluding carboxylic acids is 1. The summed E-state index contributed by atoms with van der Waals surface area (Å²) in [6, 6.07) is 13.3. The third-order valence-electron chi connectivity index (χ3n) is 4.14. The summed E-state index contributed by atoms with van der Waals surface area (Å²) < 4.78 is 9.97. The average molecular weight is 372 g/mol. The van der Waals surface area contributed by atoms with Crippen molar-refractivity contribution in [2.45, 2.75) is 26.3 Å². The monoisotopic (exact) mass is 372 g/mol. The number of esters is 1. The van der Waals surface area contributed by atoms with Gasteiger partial charge in [-0.15, -0.1) is 0 Å². The summed E-state index contributed by atoms with van der Waals surface area (Å²) in [6.45, 7) is 4.04. The predicted octanol–water partition coefficient (Wildman–Crippen LogP) is 4.23. The summed E-state index contributed by atoms with van der Waals surface area (Å²) in [5.41, 5.74) is 3.36. The fourth-order valence-corrected chi connectivity index (χ4v) is 2.83. The van der Waals surface area contributed by atoms with E-state index in [1.807, 2.05) is 37.3 Å². The van der Waals surface area contributed by atoms with Crippen molar-refractivity contribution in [3.05, 3.63) is 59.2 Å². The van der Waals surface area contributed by atoms with Gasteiger partial charge in [-0.25, -0.2) is 4.79 Å². The van der Waals surface area contributed by atoms with E-state index < -0.39 is 0 Å². The van der Waals surface area contributed by atoms with Gasteiger partial charge in [0, 0.05) is 5.69 Å². The van der Waals surface area contributed by atoms with E-state index in [1.165, 1.54) is 7.11 Å². The van der Waals surface area contributed by atoms with Gasteiger partial charge in [-0.1, -0.05) is 25.1 Å². The summed E-state index contributed by atoms with van der Waals surface area (Å²) >= 11 is 5.46. The lowest BCUT2D eigenvalue weighted by molar-refractivity contribution is 0.0601. The van der Waals surface area contributed by atoms with Crippen molar-refractivity contribution in [2.24, 2.45) is 0 Å². The fourth-order valence-electron chi connectivity index (χ4n) is 2.58. The molecule has 2 aromatic rings. The average Bonchev–Trinajstić information content (AvgIpc) is 2.67. The first-order chi connectivity index (χ1) is 12.5. The third-order valence-corrected chi connectivity index (χ3v) is 4.36. The number of benzene rings is 2. The molecule has 0 aliphatic carbocycles. The van der Waals surface area contributed by atoms with Crippen LogP contribution in [0.4, 0.5) is 5.69 Å². The number of hydrogen-bond acceptors (Lipinski definition) is 4. The lowest BCUT2D eigenvalue weighted by Gasteiger charge is -2.21. The molecule has 0 aromatic heterocycles. The Balaban J connectivity index is 2.10. The van der Waals surface area contributed by atoms with Crippen LogP contribution in [-0.4, -0.2) is 25.3 Å². The molecule has 5 nitrogen and oxygen atoms in total. The van der Waals surface area contributed by atoms with Crippen LogP contribution in [0.5, 0.6) is 5.75 Å². The molecule has 0 aliphatic rings. The van der Waals surface area contributed by atoms with Gasteiger partial charge in [0.1, 0.15) is 5.75 Å². The van der Waals surface area contributed by atoms with Gasteiger partial charge in [0.25, 0.3) is 0 Å². The number of carbonyl (C=O) groups is 1. The molecule has 2 rings (SSSR count). The van der Waals surface area contributed by atoms with Gasteiger partial charge in [0.15, 0.2) is 5.11 Å². The number of nitrogens with one attached hydrogen (secondary N) is 2. The van der Waals surface area contributed by atoms with E-state index in [-0.39, 0.29) is 12.0 Å². The van der Waals surface area contributed by atoms with Crippen LogP contribution in [-0.2, 0) is 4.74 Å². The topological polar surface area (TPSA) is 59.6 Å². The molecule has 0 bridgehead atoms. The second-order valence-corrected chi connectivity index (χ2v) is 6.26. The van der Waals surface area contributed by atoms with Crippen LogP contribution in [0.25, 0.3) is 0 Å². The van der Waals surface area contributed by atoms with Crippen molar-refractivity contribution < 1.29 is 14.3 Å². The molecule has 138 valence electrons. The van der Waals surface area contributed by atoms with E-state index >= 15 is 0 Å². The Morgan fingerprint density at radius 1 is 1.15 bits per heavy atom. The number of aryl methyl sites for hydroxylation is 1. The molecular weight excluding hydrogens is 348 g/mol. The standard InChI is InChI=1S/C20H24N2O3S/c1-5-17(14-8-10-16(24-3)11-9-14)21-20(26)22-18-12-15(19(23)25-4)7-6-13(18)2/h6-12,17H,5H2,1-4H3,(H2,21,22,26)/t17-/m1/s1. The summed E-state index contributed by atoms with van der Waals surface area (Å²) in [4.78, 5) is 11.7. The minimum absolute atomic E-state index is 0.0741. The largest absolute Gasteiger partial charge is 0.497 e. The van der Waals surface area contributed by atoms with Gasteiger partial charge in [0.2, 0.25) is 0 Å². The van der Waals surface area contributed by atoms with Crippen LogP contribution >= 0.6 is 12.2 Å². The van der Waals surface area contributed by atoms with Gasteiger partial charge in [-0.05, 0) is 61.0 Å². The molecule has 2 aromatic carbocycles. The van der Waals surface area contributed by atoms with Crippen molar-refractivity contribution in [1.29, 1.82) is 0 Å². The molecule has 0 spiro atoms. The summed E-state index contributed by atoms with van der Waals surface area (Å²) in [5.74, 6) is 0.441. The van der Waals surface area contributed by atoms with E-state index in [1.54, 1.807) is 19.2 Å². The van der Waals surface area contributed by atoms with Gasteiger partial charge in [0.05, 0.1) is 25.8 Å². The maximum absolute atomic E-state index is 11.7. The highest BCUT2D eigenvalue weighted by atomic mass is 32.1. The van der Waals surface area contributed by atoms with Crippen molar-refractivity contribution in [3.8, 4) is 5.75 Å². The third kappa shape index (κ3) is 4.95. The fraction of sp³-hybridized carbons (Fsp3) is 0.300. The molecule has 0 radical (unpaired) electrons. The Kier molecular flexibility index (Phi) is 6.97. The van der Waals surface area contributed by atoms with E-state index in [9.17, 15) is 4.79 Å². The summed E-state index contributed by atoms with van der Waals surface area (Å²) in [6.07, 6.45) is 0.870. The normalized spacial score (nSPS) is 11.4. The molecule has 0 fully saturated rings. The second kappa shape index (κ2) is 9.20. The molecule has 0 saturated carbocycles. The molecule has 0 heterocycles. The van der Waals surface area contributed by atoms with Gasteiger partial charge >= 0.3 is 5.97 Å². The molecule has 0 saturated heterocycles. The lowest BCUT2D eigenvalue weighted by Crippen LogP contribution is -2.32. The van der Waals surface area contributed by atoms with Crippen LogP contribution in [0.2, 0.25) is 0 Å². The highest BCUT2D eigenvalue weighted by molar-refractivity contribution is 7.80. The van der Waals surface area contributed by atoms with Gasteiger partial charge in [-0.2, -0.15) is 0 Å². The number of thiocarbonyl (C=S) groups is 1. The summed E-state index contributed by atoms with van der Waals surface area (Å²) in [5, 5.41) is 6.99. The first-order valence-electron chi connectivity index (χ1n) is 8.39. The number of hydrogen-bond donors (Lipinski definition) is 2. The highest BCUT2D eigenvalue weighted by Gasteiger charge is 2.13. The smallest absolute Gasteiger partial charge is 0.337 e. The molecule has 0 aliphatic heterocycles. The number of methoxy groups -OCH3 is 2. The van der Waals surface area contributed by atoms with Crippen LogP contribution < -0.4 is 15.4 Å². The Bertz CT molecular complexity index is 775. The van der Waals surface area contributed by atoms with Crippen LogP contribution in [0.15, 0.2) is 42.5 Å². The number of rotatable bonds is 6. The zero-order valence-electron chi connectivity index (χ0n) is 15.5. The van der Waals surface area contributed by atoms with Crippen LogP contribution in [0.3, 0.4) is 0 Å². The van der Waals surface area contributed by atoms with E-state index in [2.05, 4.69) is 17.6 Å². The zero-order chi connectivity index (χ0) is 19.1. The molecule has 1 atom stereocenters. The Hall–Kier alpha value is -2.60. The molecule has 0 unspecified atom stereocenters. The lowest BCUT2D eigenvalue weighted by atomic mass is 10.0. The highest BCUT2D eigenvalue weighted by Crippen LogP contribution is 2.21. The molecule has 2 N–H and O–H groups in total. The van der Waals surface area contributed by atoms with Crippen molar-refractivity contribution in [2.75, 3.05) is 19.5 Å². The van der Waals surface area contributed by atoms with Crippen LogP contribution in [0, 0.1) is 6.92 Å². The summed E-state index contributed by atoms with van der Waals surface area (Å²) in [7, 11) is 3.01. The molecule has 6 heteroatoms. The molecular formula is C20H24N2O3S. The first kappa shape index (κ1) is 19.7. The Morgan fingerprint density at radius 3 is 2.42 bits per heavy atom. The molecule has 26 heavy (non-hydrogen) atoms. The van der Waals surface area contributed by atoms with Crippen molar-refractivity contribution >= 4 is 29.0 Å². The quantitative estimate of drug-likeness (QED) is 0.585. The molecule has 0 amide bonds. The van der Waals surface area contributed by atoms with E-state index in [4.69, 9.17) is 21.7 Å². The SMILES string of the molecule is CC[C@@H](NC(=S)Nc1cc(C(=O)OC)ccc1C)c1ccc(OC)cc1. The number of anilines is 1. The maximum atomic E-state index is 11.7. The van der Waals surface area contributed by atoms with Gasteiger partial charge in [-0.3, -0.25) is 0 Å². The Morgan fingerprint density at radius 2 is 1.85 bits per heavy atom. The predicted molar refractivity (Wildman–Crippen MR) is 108 cm³/mol. The van der Waals surface area contributed by atoms with Crippen molar-refractivity contribution in [1.82, 2.24) is 5.32 Å². The maximum Gasteiger partial charge on any atom is 0.337 e. The number of ether oxygens (including phenoxy) is 2.